The van der Waals surface area contributed by atoms with Crippen molar-refractivity contribution in [1.29, 1.82) is 0 Å². The molecule has 0 bridgehead atoms. The van der Waals surface area contributed by atoms with Crippen molar-refractivity contribution >= 4 is 23.5 Å². The lowest BCUT2D eigenvalue weighted by Gasteiger charge is -2.14. The van der Waals surface area contributed by atoms with Crippen LogP contribution >= 0.6 is 11.6 Å². The van der Waals surface area contributed by atoms with Crippen molar-refractivity contribution in [2.75, 3.05) is 6.61 Å². The average molecular weight is 362 g/mol. The van der Waals surface area contributed by atoms with Gasteiger partial charge in [-0.2, -0.15) is 0 Å². The van der Waals surface area contributed by atoms with Crippen molar-refractivity contribution in [3.05, 3.63) is 64.7 Å². The van der Waals surface area contributed by atoms with E-state index in [1.807, 2.05) is 31.2 Å². The number of nitrogens with one attached hydrogen (secondary N) is 1. The predicted molar refractivity (Wildman–Crippen MR) is 95.5 cm³/mol. The third kappa shape index (κ3) is 6.12. The second-order valence-corrected chi connectivity index (χ2v) is 5.96. The Hall–Kier alpha value is -2.53. The van der Waals surface area contributed by atoms with Crippen LogP contribution in [0, 0.1) is 6.92 Å². The summed E-state index contributed by atoms with van der Waals surface area (Å²) >= 11 is 5.79. The molecular formula is C19H20ClNO4. The number of aryl methyl sites for hydroxylation is 1. The minimum atomic E-state index is -0.828. The van der Waals surface area contributed by atoms with E-state index in [1.54, 1.807) is 31.2 Å². The van der Waals surface area contributed by atoms with Crippen LogP contribution in [0.1, 0.15) is 18.1 Å². The zero-order valence-corrected chi connectivity index (χ0v) is 14.9. The van der Waals surface area contributed by atoms with Crippen molar-refractivity contribution in [2.24, 2.45) is 0 Å². The van der Waals surface area contributed by atoms with Gasteiger partial charge in [0.1, 0.15) is 5.75 Å². The first-order valence-electron chi connectivity index (χ1n) is 7.86. The lowest BCUT2D eigenvalue weighted by atomic mass is 10.1. The van der Waals surface area contributed by atoms with Gasteiger partial charge < -0.3 is 14.8 Å². The third-order valence-electron chi connectivity index (χ3n) is 3.54. The minimum absolute atomic E-state index is 0.348. The highest BCUT2D eigenvalue weighted by Crippen LogP contribution is 2.17. The standard InChI is InChI=1S/C19H20ClNO4/c1-13-5-3-4-6-15(13)11-21-18(22)12-24-19(23)14(2)25-17-9-7-16(20)8-10-17/h3-10,14H,11-12H2,1-2H3,(H,21,22)/t14-/m0/s1. The molecule has 0 aliphatic heterocycles. The van der Waals surface area contributed by atoms with Crippen molar-refractivity contribution in [1.82, 2.24) is 5.32 Å². The molecule has 1 N–H and O–H groups in total. The molecule has 6 heteroatoms. The second kappa shape index (κ2) is 9.08. The molecule has 0 radical (unpaired) electrons. The summed E-state index contributed by atoms with van der Waals surface area (Å²) < 4.78 is 10.4. The number of hydrogen-bond donors (Lipinski definition) is 1. The molecule has 132 valence electrons. The van der Waals surface area contributed by atoms with E-state index in [1.165, 1.54) is 0 Å². The molecule has 0 aliphatic carbocycles. The molecule has 0 aliphatic rings. The summed E-state index contributed by atoms with van der Waals surface area (Å²) in [5, 5.41) is 3.30. The van der Waals surface area contributed by atoms with Gasteiger partial charge in [0.2, 0.25) is 0 Å². The zero-order valence-electron chi connectivity index (χ0n) is 14.1. The van der Waals surface area contributed by atoms with Crippen LogP contribution in [0.4, 0.5) is 0 Å². The van der Waals surface area contributed by atoms with E-state index in [9.17, 15) is 9.59 Å². The minimum Gasteiger partial charge on any atom is -0.479 e. The zero-order chi connectivity index (χ0) is 18.2. The van der Waals surface area contributed by atoms with E-state index in [0.29, 0.717) is 17.3 Å². The number of benzene rings is 2. The van der Waals surface area contributed by atoms with Crippen LogP contribution in [-0.4, -0.2) is 24.6 Å². The van der Waals surface area contributed by atoms with E-state index < -0.39 is 12.1 Å². The monoisotopic (exact) mass is 361 g/mol. The summed E-state index contributed by atoms with van der Waals surface area (Å²) in [5.41, 5.74) is 2.10. The Balaban J connectivity index is 1.74. The molecule has 1 atom stereocenters. The molecule has 0 fully saturated rings. The Labute approximate surface area is 151 Å². The molecule has 0 saturated heterocycles. The number of carbonyl (C=O) groups excluding carboxylic acids is 2. The summed E-state index contributed by atoms with van der Waals surface area (Å²) in [4.78, 5) is 23.7. The molecule has 2 rings (SSSR count). The molecule has 0 unspecified atom stereocenters. The Morgan fingerprint density at radius 1 is 1.12 bits per heavy atom. The van der Waals surface area contributed by atoms with Gasteiger partial charge >= 0.3 is 5.97 Å². The van der Waals surface area contributed by atoms with Gasteiger partial charge in [-0.15, -0.1) is 0 Å². The molecule has 0 saturated carbocycles. The fourth-order valence-corrected chi connectivity index (χ4v) is 2.20. The quantitative estimate of drug-likeness (QED) is 0.769. The van der Waals surface area contributed by atoms with E-state index in [0.717, 1.165) is 11.1 Å². The Morgan fingerprint density at radius 2 is 1.80 bits per heavy atom. The molecule has 5 nitrogen and oxygen atoms in total. The normalized spacial score (nSPS) is 11.5. The van der Waals surface area contributed by atoms with Crippen LogP contribution in [0.2, 0.25) is 5.02 Å². The number of esters is 1. The third-order valence-corrected chi connectivity index (χ3v) is 3.79. The lowest BCUT2D eigenvalue weighted by Crippen LogP contribution is -2.32. The maximum absolute atomic E-state index is 11.9. The SMILES string of the molecule is Cc1ccccc1CNC(=O)COC(=O)[C@H](C)Oc1ccc(Cl)cc1. The predicted octanol–water partition coefficient (Wildman–Crippen LogP) is 3.28. The van der Waals surface area contributed by atoms with Crippen molar-refractivity contribution in [2.45, 2.75) is 26.5 Å². The van der Waals surface area contributed by atoms with Gasteiger partial charge in [-0.05, 0) is 49.2 Å². The van der Waals surface area contributed by atoms with Crippen LogP contribution in [0.5, 0.6) is 5.75 Å². The number of ether oxygens (including phenoxy) is 2. The molecule has 1 amide bonds. The molecular weight excluding hydrogens is 342 g/mol. The first-order chi connectivity index (χ1) is 12.0. The van der Waals surface area contributed by atoms with Crippen LogP contribution in [0.25, 0.3) is 0 Å². The van der Waals surface area contributed by atoms with Gasteiger partial charge in [0.05, 0.1) is 0 Å². The number of rotatable bonds is 7. The van der Waals surface area contributed by atoms with Crippen molar-refractivity contribution < 1.29 is 19.1 Å². The highest BCUT2D eigenvalue weighted by atomic mass is 35.5. The first kappa shape index (κ1) is 18.8. The van der Waals surface area contributed by atoms with E-state index in [2.05, 4.69) is 5.32 Å². The maximum atomic E-state index is 11.9. The van der Waals surface area contributed by atoms with Gasteiger partial charge in [0, 0.05) is 11.6 Å². The second-order valence-electron chi connectivity index (χ2n) is 5.52. The van der Waals surface area contributed by atoms with Gasteiger partial charge in [-0.25, -0.2) is 4.79 Å². The first-order valence-corrected chi connectivity index (χ1v) is 8.23. The molecule has 0 spiro atoms. The van der Waals surface area contributed by atoms with Gasteiger partial charge in [0.15, 0.2) is 12.7 Å². The molecule has 0 aromatic heterocycles. The summed E-state index contributed by atoms with van der Waals surface area (Å²) in [6.07, 6.45) is -0.828. The Morgan fingerprint density at radius 3 is 2.48 bits per heavy atom. The van der Waals surface area contributed by atoms with E-state index >= 15 is 0 Å². The molecule has 2 aromatic rings. The molecule has 2 aromatic carbocycles. The van der Waals surface area contributed by atoms with Gasteiger partial charge in [-0.3, -0.25) is 4.79 Å². The fraction of sp³-hybridized carbons (Fsp3) is 0.263. The average Bonchev–Trinajstić information content (AvgIpc) is 2.60. The molecule has 0 heterocycles. The smallest absolute Gasteiger partial charge is 0.347 e. The summed E-state index contributed by atoms with van der Waals surface area (Å²) in [6.45, 7) is 3.57. The van der Waals surface area contributed by atoms with E-state index in [4.69, 9.17) is 21.1 Å². The summed E-state index contributed by atoms with van der Waals surface area (Å²) in [5.74, 6) is -0.478. The summed E-state index contributed by atoms with van der Waals surface area (Å²) in [6, 6.07) is 14.4. The van der Waals surface area contributed by atoms with Crippen LogP contribution in [-0.2, 0) is 20.9 Å². The highest BCUT2D eigenvalue weighted by molar-refractivity contribution is 6.30. The van der Waals surface area contributed by atoms with Gasteiger partial charge in [0.25, 0.3) is 5.91 Å². The van der Waals surface area contributed by atoms with Crippen molar-refractivity contribution in [3.8, 4) is 5.75 Å². The number of hydrogen-bond acceptors (Lipinski definition) is 4. The van der Waals surface area contributed by atoms with Crippen LogP contribution in [0.3, 0.4) is 0 Å². The topological polar surface area (TPSA) is 64.6 Å². The number of amides is 1. The largest absolute Gasteiger partial charge is 0.479 e. The number of halogens is 1. The maximum Gasteiger partial charge on any atom is 0.347 e. The Kier molecular flexibility index (Phi) is 6.83. The van der Waals surface area contributed by atoms with Gasteiger partial charge in [-0.1, -0.05) is 35.9 Å². The Bertz CT molecular complexity index is 730. The van der Waals surface area contributed by atoms with Crippen LogP contribution in [0.15, 0.2) is 48.5 Å². The van der Waals surface area contributed by atoms with E-state index in [-0.39, 0.29) is 12.5 Å². The highest BCUT2D eigenvalue weighted by Gasteiger charge is 2.17. The number of carbonyl (C=O) groups is 2. The van der Waals surface area contributed by atoms with Crippen molar-refractivity contribution in [3.63, 3.8) is 0 Å². The fourth-order valence-electron chi connectivity index (χ4n) is 2.07. The molecule has 25 heavy (non-hydrogen) atoms. The van der Waals surface area contributed by atoms with Crippen LogP contribution < -0.4 is 10.1 Å². The lowest BCUT2D eigenvalue weighted by molar-refractivity contribution is -0.154. The summed E-state index contributed by atoms with van der Waals surface area (Å²) in [7, 11) is 0.